The third-order valence-corrected chi connectivity index (χ3v) is 4.55. The number of hydrogen-bond donors (Lipinski definition) is 0. The van der Waals surface area contributed by atoms with E-state index in [9.17, 15) is 0 Å². The van der Waals surface area contributed by atoms with Gasteiger partial charge in [0.2, 0.25) is 0 Å². The lowest BCUT2D eigenvalue weighted by molar-refractivity contribution is -0.000919. The molecule has 1 aliphatic heterocycles. The van der Waals surface area contributed by atoms with Crippen LogP contribution in [0.15, 0.2) is 0 Å². The molecule has 1 saturated heterocycles. The summed E-state index contributed by atoms with van der Waals surface area (Å²) in [7, 11) is 0. The van der Waals surface area contributed by atoms with Crippen molar-refractivity contribution in [3.63, 3.8) is 0 Å². The van der Waals surface area contributed by atoms with Crippen LogP contribution in [0, 0.1) is 0 Å². The van der Waals surface area contributed by atoms with Crippen molar-refractivity contribution >= 4 is 0 Å². The number of rotatable bonds is 12. The first-order chi connectivity index (χ1) is 9.84. The van der Waals surface area contributed by atoms with Crippen molar-refractivity contribution in [2.45, 2.75) is 90.5 Å². The van der Waals surface area contributed by atoms with E-state index in [1.807, 2.05) is 0 Å². The van der Waals surface area contributed by atoms with E-state index in [2.05, 4.69) is 18.7 Å². The van der Waals surface area contributed by atoms with E-state index in [4.69, 9.17) is 4.74 Å². The average Bonchev–Trinajstić information content (AvgIpc) is 2.46. The van der Waals surface area contributed by atoms with Gasteiger partial charge in [-0.05, 0) is 19.9 Å². The third kappa shape index (κ3) is 8.97. The predicted molar refractivity (Wildman–Crippen MR) is 88.3 cm³/mol. The minimum atomic E-state index is 0.631. The Kier molecular flexibility index (Phi) is 11.4. The maximum absolute atomic E-state index is 5.48. The minimum absolute atomic E-state index is 0.631. The Morgan fingerprint density at radius 2 is 1.40 bits per heavy atom. The summed E-state index contributed by atoms with van der Waals surface area (Å²) in [4.78, 5) is 2.59. The molecule has 0 aliphatic carbocycles. The molecule has 0 saturated carbocycles. The van der Waals surface area contributed by atoms with Crippen molar-refractivity contribution < 1.29 is 4.74 Å². The Morgan fingerprint density at radius 3 is 1.95 bits per heavy atom. The lowest BCUT2D eigenvalue weighted by Gasteiger charge is -2.33. The van der Waals surface area contributed by atoms with Crippen LogP contribution in [0.2, 0.25) is 0 Å². The van der Waals surface area contributed by atoms with E-state index in [1.165, 1.54) is 77.2 Å². The zero-order valence-corrected chi connectivity index (χ0v) is 14.0. The van der Waals surface area contributed by atoms with Crippen LogP contribution in [0.3, 0.4) is 0 Å². The Balaban J connectivity index is 1.78. The van der Waals surface area contributed by atoms with Gasteiger partial charge in [-0.3, -0.25) is 4.90 Å². The molecule has 1 atom stereocenters. The highest BCUT2D eigenvalue weighted by atomic mass is 16.5. The smallest absolute Gasteiger partial charge is 0.0619 e. The van der Waals surface area contributed by atoms with Gasteiger partial charge in [0.25, 0.3) is 0 Å². The topological polar surface area (TPSA) is 12.5 Å². The van der Waals surface area contributed by atoms with Crippen LogP contribution >= 0.6 is 0 Å². The summed E-state index contributed by atoms with van der Waals surface area (Å²) < 4.78 is 5.48. The predicted octanol–water partition coefficient (Wildman–Crippen LogP) is 5.02. The van der Waals surface area contributed by atoms with Crippen molar-refractivity contribution in [1.29, 1.82) is 0 Å². The first kappa shape index (κ1) is 18.0. The molecule has 0 aromatic rings. The fourth-order valence-electron chi connectivity index (χ4n) is 3.07. The highest BCUT2D eigenvalue weighted by Crippen LogP contribution is 2.12. The molecular weight excluding hydrogens is 246 g/mol. The molecule has 0 spiro atoms. The van der Waals surface area contributed by atoms with E-state index < -0.39 is 0 Å². The zero-order valence-electron chi connectivity index (χ0n) is 14.0. The van der Waals surface area contributed by atoms with Gasteiger partial charge in [0.05, 0.1) is 13.2 Å². The third-order valence-electron chi connectivity index (χ3n) is 4.55. The van der Waals surface area contributed by atoms with Crippen LogP contribution in [0.4, 0.5) is 0 Å². The number of nitrogens with zero attached hydrogens (tertiary/aromatic N) is 1. The Morgan fingerprint density at radius 1 is 0.850 bits per heavy atom. The summed E-state index contributed by atoms with van der Waals surface area (Å²) in [6, 6.07) is 0.631. The van der Waals surface area contributed by atoms with Gasteiger partial charge in [0.15, 0.2) is 0 Å². The molecule has 20 heavy (non-hydrogen) atoms. The van der Waals surface area contributed by atoms with Crippen LogP contribution in [0.25, 0.3) is 0 Å². The van der Waals surface area contributed by atoms with Crippen LogP contribution in [-0.2, 0) is 4.74 Å². The molecule has 1 rings (SSSR count). The molecule has 2 heteroatoms. The van der Waals surface area contributed by atoms with Gasteiger partial charge >= 0.3 is 0 Å². The number of hydrogen-bond acceptors (Lipinski definition) is 2. The largest absolute Gasteiger partial charge is 0.379 e. The van der Waals surface area contributed by atoms with Crippen molar-refractivity contribution in [3.8, 4) is 0 Å². The first-order valence-electron chi connectivity index (χ1n) is 9.16. The van der Waals surface area contributed by atoms with Gasteiger partial charge in [-0.25, -0.2) is 0 Å². The lowest BCUT2D eigenvalue weighted by atomic mass is 10.1. The molecule has 1 fully saturated rings. The van der Waals surface area contributed by atoms with Crippen LogP contribution in [0.1, 0.15) is 84.5 Å². The van der Waals surface area contributed by atoms with Crippen LogP contribution in [0.5, 0.6) is 0 Å². The van der Waals surface area contributed by atoms with Gasteiger partial charge in [0.1, 0.15) is 0 Å². The summed E-state index contributed by atoms with van der Waals surface area (Å²) in [6.07, 6.45) is 15.8. The second-order valence-corrected chi connectivity index (χ2v) is 6.50. The second-order valence-electron chi connectivity index (χ2n) is 6.50. The zero-order chi connectivity index (χ0) is 14.5. The summed E-state index contributed by atoms with van der Waals surface area (Å²) in [6.45, 7) is 8.86. The standard InChI is InChI=1S/C18H37NO/c1-3-4-5-6-7-8-9-10-11-12-13-14-19-15-16-20-17-18(19)2/h18H,3-17H2,1-2H3. The monoisotopic (exact) mass is 283 g/mol. The van der Waals surface area contributed by atoms with Gasteiger partial charge in [-0.1, -0.05) is 71.1 Å². The molecule has 120 valence electrons. The van der Waals surface area contributed by atoms with Gasteiger partial charge < -0.3 is 4.74 Å². The summed E-state index contributed by atoms with van der Waals surface area (Å²) in [5.41, 5.74) is 0. The molecule has 0 aromatic carbocycles. The molecule has 0 N–H and O–H groups in total. The highest BCUT2D eigenvalue weighted by molar-refractivity contribution is 4.70. The number of unbranched alkanes of at least 4 members (excludes halogenated alkanes) is 10. The fourth-order valence-corrected chi connectivity index (χ4v) is 3.07. The normalized spacial score (nSPS) is 20.4. The first-order valence-corrected chi connectivity index (χ1v) is 9.16. The molecular formula is C18H37NO. The molecule has 2 nitrogen and oxygen atoms in total. The average molecular weight is 283 g/mol. The van der Waals surface area contributed by atoms with E-state index in [0.29, 0.717) is 6.04 Å². The van der Waals surface area contributed by atoms with E-state index in [0.717, 1.165) is 19.8 Å². The van der Waals surface area contributed by atoms with Crippen LogP contribution in [-0.4, -0.2) is 37.2 Å². The van der Waals surface area contributed by atoms with E-state index in [1.54, 1.807) is 0 Å². The molecule has 0 bridgehead atoms. The number of morpholine rings is 1. The molecule has 1 heterocycles. The Hall–Kier alpha value is -0.0800. The quantitative estimate of drug-likeness (QED) is 0.466. The van der Waals surface area contributed by atoms with Crippen molar-refractivity contribution in [1.82, 2.24) is 4.90 Å². The molecule has 0 radical (unpaired) electrons. The van der Waals surface area contributed by atoms with Crippen molar-refractivity contribution in [2.24, 2.45) is 0 Å². The highest BCUT2D eigenvalue weighted by Gasteiger charge is 2.17. The molecule has 1 unspecified atom stereocenters. The summed E-state index contributed by atoms with van der Waals surface area (Å²) in [5, 5.41) is 0. The SMILES string of the molecule is CCCCCCCCCCCCCN1CCOCC1C. The summed E-state index contributed by atoms with van der Waals surface area (Å²) >= 11 is 0. The number of ether oxygens (including phenoxy) is 1. The van der Waals surface area contributed by atoms with Gasteiger partial charge in [-0.2, -0.15) is 0 Å². The maximum Gasteiger partial charge on any atom is 0.0619 e. The van der Waals surface area contributed by atoms with Crippen LogP contribution < -0.4 is 0 Å². The van der Waals surface area contributed by atoms with Crippen molar-refractivity contribution in [3.05, 3.63) is 0 Å². The summed E-state index contributed by atoms with van der Waals surface area (Å²) in [5.74, 6) is 0. The Bertz CT molecular complexity index is 208. The van der Waals surface area contributed by atoms with Crippen molar-refractivity contribution in [2.75, 3.05) is 26.3 Å². The second kappa shape index (κ2) is 12.6. The molecule has 0 amide bonds. The van der Waals surface area contributed by atoms with E-state index in [-0.39, 0.29) is 0 Å². The van der Waals surface area contributed by atoms with E-state index >= 15 is 0 Å². The molecule has 0 aromatic heterocycles. The fraction of sp³-hybridized carbons (Fsp3) is 1.00. The maximum atomic E-state index is 5.48. The Labute approximate surface area is 127 Å². The minimum Gasteiger partial charge on any atom is -0.379 e. The van der Waals surface area contributed by atoms with Gasteiger partial charge in [-0.15, -0.1) is 0 Å². The van der Waals surface area contributed by atoms with Gasteiger partial charge in [0, 0.05) is 12.6 Å². The molecule has 1 aliphatic rings. The lowest BCUT2D eigenvalue weighted by Crippen LogP contribution is -2.43.